The second-order valence-electron chi connectivity index (χ2n) is 7.11. The van der Waals surface area contributed by atoms with Gasteiger partial charge in [0.15, 0.2) is 0 Å². The molecule has 0 spiro atoms. The molecule has 5 aromatic rings. The zero-order chi connectivity index (χ0) is 21.6. The summed E-state index contributed by atoms with van der Waals surface area (Å²) in [7, 11) is 0. The van der Waals surface area contributed by atoms with Crippen molar-refractivity contribution >= 4 is 17.1 Å². The van der Waals surface area contributed by atoms with Crippen LogP contribution in [-0.4, -0.2) is 14.2 Å². The van der Waals surface area contributed by atoms with Crippen LogP contribution in [0.25, 0.3) is 33.7 Å². The lowest BCUT2D eigenvalue weighted by molar-refractivity contribution is -0.137. The van der Waals surface area contributed by atoms with E-state index in [0.29, 0.717) is 10.6 Å². The highest BCUT2D eigenvalue weighted by Crippen LogP contribution is 2.32. The van der Waals surface area contributed by atoms with Crippen molar-refractivity contribution in [1.82, 2.24) is 14.2 Å². The summed E-state index contributed by atoms with van der Waals surface area (Å²) in [4.78, 5) is 0. The molecule has 0 aliphatic heterocycles. The maximum atomic E-state index is 12.9. The van der Waals surface area contributed by atoms with Gasteiger partial charge in [0.1, 0.15) is 0 Å². The Balaban J connectivity index is 1.58. The van der Waals surface area contributed by atoms with Crippen molar-refractivity contribution < 1.29 is 13.2 Å². The fraction of sp³-hybridized carbons (Fsp3) is 0.0417. The van der Waals surface area contributed by atoms with Crippen LogP contribution in [-0.2, 0) is 6.18 Å². The van der Waals surface area contributed by atoms with Gasteiger partial charge in [-0.05, 0) is 72.3 Å². The van der Waals surface area contributed by atoms with Crippen LogP contribution < -0.4 is 0 Å². The normalized spacial score (nSPS) is 11.9. The zero-order valence-electron chi connectivity index (χ0n) is 16.0. The molecular weight excluding hydrogens is 423 g/mol. The summed E-state index contributed by atoms with van der Waals surface area (Å²) in [5.74, 6) is 0. The Kier molecular flexibility index (Phi) is 4.59. The second-order valence-corrected chi connectivity index (χ2v) is 7.55. The molecule has 3 aromatic heterocycles. The molecule has 3 nitrogen and oxygen atoms in total. The Bertz CT molecular complexity index is 1360. The average Bonchev–Trinajstić information content (AvgIpc) is 3.40. The maximum Gasteiger partial charge on any atom is 0.416 e. The third-order valence-electron chi connectivity index (χ3n) is 5.17. The van der Waals surface area contributed by atoms with Crippen molar-refractivity contribution in [2.45, 2.75) is 6.18 Å². The van der Waals surface area contributed by atoms with Gasteiger partial charge in [-0.15, -0.1) is 0 Å². The average molecular weight is 438 g/mol. The molecular formula is C24H15ClF3N3. The second kappa shape index (κ2) is 7.32. The minimum absolute atomic E-state index is 0.646. The standard InChI is InChI=1S/C24H15ClF3N3/c25-19-6-9-21(10-7-19)31-23(13-14-29-31)17-3-8-20-11-12-22(30(20)15-17)16-1-4-18(5-2-16)24(26,27)28/h1-15H. The number of benzene rings is 2. The molecule has 0 aliphatic rings. The first kappa shape index (κ1) is 19.5. The Morgan fingerprint density at radius 2 is 1.39 bits per heavy atom. The van der Waals surface area contributed by atoms with Crippen molar-refractivity contribution in [3.63, 3.8) is 0 Å². The number of nitrogens with zero attached hydrogens (tertiary/aromatic N) is 3. The molecule has 0 saturated carbocycles. The topological polar surface area (TPSA) is 22.2 Å². The number of hydrogen-bond acceptors (Lipinski definition) is 1. The number of rotatable bonds is 3. The van der Waals surface area contributed by atoms with E-state index in [9.17, 15) is 13.2 Å². The van der Waals surface area contributed by atoms with Crippen LogP contribution in [0.1, 0.15) is 5.56 Å². The predicted octanol–water partition coefficient (Wildman–Crippen LogP) is 7.13. The minimum atomic E-state index is -4.35. The van der Waals surface area contributed by atoms with Crippen molar-refractivity contribution in [2.24, 2.45) is 0 Å². The van der Waals surface area contributed by atoms with E-state index in [0.717, 1.165) is 40.3 Å². The van der Waals surface area contributed by atoms with Gasteiger partial charge in [-0.3, -0.25) is 0 Å². The van der Waals surface area contributed by atoms with Gasteiger partial charge in [-0.2, -0.15) is 18.3 Å². The molecule has 2 aromatic carbocycles. The Labute approximate surface area is 180 Å². The number of fused-ring (bicyclic) bond motifs is 1. The lowest BCUT2D eigenvalue weighted by Crippen LogP contribution is -2.04. The SMILES string of the molecule is FC(F)(F)c1ccc(-c2ccc3ccc(-c4ccnn4-c4ccc(Cl)cc4)cn23)cc1. The summed E-state index contributed by atoms with van der Waals surface area (Å²) in [6.45, 7) is 0. The van der Waals surface area contributed by atoms with Crippen LogP contribution >= 0.6 is 11.6 Å². The molecule has 0 atom stereocenters. The van der Waals surface area contributed by atoms with Crippen LogP contribution in [0.3, 0.4) is 0 Å². The van der Waals surface area contributed by atoms with E-state index in [-0.39, 0.29) is 0 Å². The van der Waals surface area contributed by atoms with Gasteiger partial charge in [0.2, 0.25) is 0 Å². The number of alkyl halides is 3. The summed E-state index contributed by atoms with van der Waals surface area (Å²) >= 11 is 6.00. The van der Waals surface area contributed by atoms with Gasteiger partial charge in [0.05, 0.1) is 28.8 Å². The van der Waals surface area contributed by atoms with Gasteiger partial charge in [0, 0.05) is 22.3 Å². The molecule has 3 heterocycles. The summed E-state index contributed by atoms with van der Waals surface area (Å²) in [5.41, 5.74) is 4.47. The van der Waals surface area contributed by atoms with E-state index < -0.39 is 11.7 Å². The molecule has 0 N–H and O–H groups in total. The van der Waals surface area contributed by atoms with Gasteiger partial charge < -0.3 is 4.40 Å². The first-order chi connectivity index (χ1) is 14.9. The van der Waals surface area contributed by atoms with E-state index in [1.807, 2.05) is 57.7 Å². The van der Waals surface area contributed by atoms with Crippen LogP contribution in [0.2, 0.25) is 5.02 Å². The third kappa shape index (κ3) is 3.59. The zero-order valence-corrected chi connectivity index (χ0v) is 16.8. The molecule has 0 aliphatic carbocycles. The first-order valence-electron chi connectivity index (χ1n) is 9.49. The highest BCUT2D eigenvalue weighted by atomic mass is 35.5. The largest absolute Gasteiger partial charge is 0.416 e. The number of aromatic nitrogens is 3. The van der Waals surface area contributed by atoms with E-state index in [1.54, 1.807) is 18.3 Å². The van der Waals surface area contributed by atoms with Crippen molar-refractivity contribution in [2.75, 3.05) is 0 Å². The highest BCUT2D eigenvalue weighted by molar-refractivity contribution is 6.30. The molecule has 0 amide bonds. The monoisotopic (exact) mass is 437 g/mol. The van der Waals surface area contributed by atoms with Gasteiger partial charge in [-0.1, -0.05) is 23.7 Å². The lowest BCUT2D eigenvalue weighted by atomic mass is 10.1. The fourth-order valence-electron chi connectivity index (χ4n) is 3.63. The molecule has 7 heteroatoms. The van der Waals surface area contributed by atoms with Crippen LogP contribution in [0.5, 0.6) is 0 Å². The highest BCUT2D eigenvalue weighted by Gasteiger charge is 2.30. The molecule has 5 rings (SSSR count). The van der Waals surface area contributed by atoms with E-state index >= 15 is 0 Å². The third-order valence-corrected chi connectivity index (χ3v) is 5.42. The number of hydrogen-bond donors (Lipinski definition) is 0. The smallest absolute Gasteiger partial charge is 0.316 e. The van der Waals surface area contributed by atoms with E-state index in [4.69, 9.17) is 11.6 Å². The summed E-state index contributed by atoms with van der Waals surface area (Å²) in [5, 5.41) is 5.08. The van der Waals surface area contributed by atoms with Crippen molar-refractivity contribution in [1.29, 1.82) is 0 Å². The van der Waals surface area contributed by atoms with E-state index in [1.165, 1.54) is 12.1 Å². The molecule has 154 valence electrons. The molecule has 31 heavy (non-hydrogen) atoms. The Hall–Kier alpha value is -3.51. The molecule has 0 fully saturated rings. The van der Waals surface area contributed by atoms with Gasteiger partial charge in [0.25, 0.3) is 0 Å². The minimum Gasteiger partial charge on any atom is -0.316 e. The summed E-state index contributed by atoms with van der Waals surface area (Å²) < 4.78 is 42.5. The van der Waals surface area contributed by atoms with E-state index in [2.05, 4.69) is 5.10 Å². The van der Waals surface area contributed by atoms with Gasteiger partial charge in [-0.25, -0.2) is 4.68 Å². The summed E-state index contributed by atoms with van der Waals surface area (Å²) in [6.07, 6.45) is -0.667. The first-order valence-corrected chi connectivity index (χ1v) is 9.87. The number of halogens is 4. The molecule has 0 radical (unpaired) electrons. The summed E-state index contributed by atoms with van der Waals surface area (Å²) in [6, 6.07) is 22.3. The van der Waals surface area contributed by atoms with Gasteiger partial charge >= 0.3 is 6.18 Å². The quantitative estimate of drug-likeness (QED) is 0.294. The van der Waals surface area contributed by atoms with Crippen LogP contribution in [0.15, 0.2) is 91.3 Å². The molecule has 0 unspecified atom stereocenters. The van der Waals surface area contributed by atoms with Crippen LogP contribution in [0, 0.1) is 0 Å². The maximum absolute atomic E-state index is 12.9. The van der Waals surface area contributed by atoms with Crippen molar-refractivity contribution in [3.8, 4) is 28.2 Å². The van der Waals surface area contributed by atoms with Crippen molar-refractivity contribution in [3.05, 3.63) is 102 Å². The molecule has 0 bridgehead atoms. The number of pyridine rings is 1. The fourth-order valence-corrected chi connectivity index (χ4v) is 3.75. The lowest BCUT2D eigenvalue weighted by Gasteiger charge is -2.11. The predicted molar refractivity (Wildman–Crippen MR) is 115 cm³/mol. The Morgan fingerprint density at radius 3 is 2.10 bits per heavy atom. The Morgan fingerprint density at radius 1 is 0.710 bits per heavy atom. The molecule has 0 saturated heterocycles. The van der Waals surface area contributed by atoms with Crippen LogP contribution in [0.4, 0.5) is 13.2 Å².